The molecule has 1 saturated heterocycles. The lowest BCUT2D eigenvalue weighted by molar-refractivity contribution is -0.141. The highest BCUT2D eigenvalue weighted by Gasteiger charge is 2.35. The third-order valence-corrected chi connectivity index (χ3v) is 4.97. The first-order valence-corrected chi connectivity index (χ1v) is 8.65. The average molecular weight is 368 g/mol. The summed E-state index contributed by atoms with van der Waals surface area (Å²) in [6, 6.07) is 1.12. The van der Waals surface area contributed by atoms with Crippen LogP contribution in [0.2, 0.25) is 0 Å². The van der Waals surface area contributed by atoms with E-state index >= 15 is 0 Å². The van der Waals surface area contributed by atoms with E-state index in [1.807, 2.05) is 0 Å². The molecule has 3 heterocycles. The summed E-state index contributed by atoms with van der Waals surface area (Å²) in [7, 11) is 1.65. The van der Waals surface area contributed by atoms with Crippen molar-refractivity contribution in [3.63, 3.8) is 0 Å². The van der Waals surface area contributed by atoms with Crippen molar-refractivity contribution in [1.82, 2.24) is 24.3 Å². The fourth-order valence-electron chi connectivity index (χ4n) is 3.45. The van der Waals surface area contributed by atoms with E-state index in [0.717, 1.165) is 30.9 Å². The molecule has 2 fully saturated rings. The smallest absolute Gasteiger partial charge is 0.341 e. The zero-order valence-electron chi connectivity index (χ0n) is 14.3. The fourth-order valence-corrected chi connectivity index (χ4v) is 3.45. The molecule has 0 spiro atoms. The molecule has 1 aliphatic carbocycles. The molecule has 26 heavy (non-hydrogen) atoms. The van der Waals surface area contributed by atoms with Crippen LogP contribution in [0.3, 0.4) is 0 Å². The van der Waals surface area contributed by atoms with E-state index in [9.17, 15) is 18.0 Å². The zero-order valence-corrected chi connectivity index (χ0v) is 14.3. The van der Waals surface area contributed by atoms with Crippen LogP contribution in [0.1, 0.15) is 49.2 Å². The van der Waals surface area contributed by atoms with Gasteiger partial charge in [0.2, 0.25) is 5.95 Å². The van der Waals surface area contributed by atoms with Gasteiger partial charge in [0, 0.05) is 38.3 Å². The van der Waals surface area contributed by atoms with Crippen molar-refractivity contribution in [1.29, 1.82) is 0 Å². The van der Waals surface area contributed by atoms with E-state index < -0.39 is 11.9 Å². The molecule has 140 valence electrons. The van der Waals surface area contributed by atoms with Crippen molar-refractivity contribution in [2.45, 2.75) is 43.8 Å². The van der Waals surface area contributed by atoms with Crippen LogP contribution in [0.4, 0.5) is 19.1 Å². The van der Waals surface area contributed by atoms with Crippen LogP contribution in [0, 0.1) is 0 Å². The van der Waals surface area contributed by atoms with Crippen molar-refractivity contribution < 1.29 is 13.2 Å². The fraction of sp³-hybridized carbons (Fsp3) is 0.625. The summed E-state index contributed by atoms with van der Waals surface area (Å²) in [6.45, 7) is 1.06. The molecule has 7 nitrogen and oxygen atoms in total. The normalized spacial score (nSPS) is 19.2. The first kappa shape index (κ1) is 17.0. The number of alkyl halides is 3. The summed E-state index contributed by atoms with van der Waals surface area (Å²) in [5.74, 6) is 1.01. The van der Waals surface area contributed by atoms with E-state index in [1.54, 1.807) is 16.5 Å². The van der Waals surface area contributed by atoms with E-state index in [4.69, 9.17) is 0 Å². The van der Waals surface area contributed by atoms with Crippen molar-refractivity contribution in [3.05, 3.63) is 34.3 Å². The Bertz CT molecular complexity index is 862. The molecule has 0 unspecified atom stereocenters. The van der Waals surface area contributed by atoms with Gasteiger partial charge < -0.3 is 4.90 Å². The molecule has 2 aliphatic rings. The standard InChI is InChI=1S/C16H19F3N6O/c1-23-15(26)25(11-2-3-11)13(22-23)10-5-8-24(9-6-10)14-20-7-4-12(21-14)16(17,18)19/h4,7,10-11H,2-3,5-6,8-9H2,1H3. The number of hydrogen-bond donors (Lipinski definition) is 0. The number of anilines is 1. The minimum absolute atomic E-state index is 0.0915. The Hall–Kier alpha value is -2.39. The quantitative estimate of drug-likeness (QED) is 0.830. The van der Waals surface area contributed by atoms with Crippen LogP contribution < -0.4 is 10.6 Å². The van der Waals surface area contributed by atoms with Gasteiger partial charge in [-0.05, 0) is 31.7 Å². The van der Waals surface area contributed by atoms with Crippen molar-refractivity contribution in [2.24, 2.45) is 7.05 Å². The summed E-state index contributed by atoms with van der Waals surface area (Å²) in [5, 5.41) is 4.41. The van der Waals surface area contributed by atoms with Gasteiger partial charge in [-0.1, -0.05) is 0 Å². The van der Waals surface area contributed by atoms with E-state index in [1.165, 1.54) is 4.68 Å². The maximum absolute atomic E-state index is 12.8. The molecule has 0 radical (unpaired) electrons. The van der Waals surface area contributed by atoms with Gasteiger partial charge in [0.25, 0.3) is 0 Å². The SMILES string of the molecule is Cn1nc(C2CCN(c3nccc(C(F)(F)F)n3)CC2)n(C2CC2)c1=O. The highest BCUT2D eigenvalue weighted by Crippen LogP contribution is 2.37. The van der Waals surface area contributed by atoms with Gasteiger partial charge >= 0.3 is 11.9 Å². The molecule has 10 heteroatoms. The predicted octanol–water partition coefficient (Wildman–Crippen LogP) is 2.11. The zero-order chi connectivity index (χ0) is 18.5. The Labute approximate surface area is 147 Å². The van der Waals surface area contributed by atoms with Gasteiger partial charge in [-0.25, -0.2) is 19.4 Å². The molecular weight excluding hydrogens is 349 g/mol. The summed E-state index contributed by atoms with van der Waals surface area (Å²) >= 11 is 0. The Morgan fingerprint density at radius 3 is 2.46 bits per heavy atom. The van der Waals surface area contributed by atoms with Crippen molar-refractivity contribution >= 4 is 5.95 Å². The molecule has 0 N–H and O–H groups in total. The topological polar surface area (TPSA) is 68.8 Å². The molecule has 2 aromatic heterocycles. The van der Waals surface area contributed by atoms with Crippen LogP contribution in [-0.4, -0.2) is 37.4 Å². The van der Waals surface area contributed by atoms with Gasteiger partial charge in [-0.15, -0.1) is 0 Å². The van der Waals surface area contributed by atoms with E-state index in [2.05, 4.69) is 15.1 Å². The molecule has 1 aliphatic heterocycles. The molecule has 0 atom stereocenters. The number of rotatable bonds is 3. The Morgan fingerprint density at radius 1 is 1.15 bits per heavy atom. The highest BCUT2D eigenvalue weighted by molar-refractivity contribution is 5.32. The Kier molecular flexibility index (Phi) is 4.00. The second-order valence-corrected chi connectivity index (χ2v) is 6.87. The molecule has 1 saturated carbocycles. The molecule has 2 aromatic rings. The third-order valence-electron chi connectivity index (χ3n) is 4.97. The number of aryl methyl sites for hydroxylation is 1. The molecule has 0 bridgehead atoms. The monoisotopic (exact) mass is 368 g/mol. The van der Waals surface area contributed by atoms with Crippen molar-refractivity contribution in [2.75, 3.05) is 18.0 Å². The molecule has 0 aromatic carbocycles. The minimum atomic E-state index is -4.48. The first-order valence-electron chi connectivity index (χ1n) is 8.65. The number of hydrogen-bond acceptors (Lipinski definition) is 5. The third kappa shape index (κ3) is 3.08. The van der Waals surface area contributed by atoms with Gasteiger partial charge in [0.15, 0.2) is 0 Å². The first-order chi connectivity index (χ1) is 12.3. The second kappa shape index (κ2) is 6.10. The summed E-state index contributed by atoms with van der Waals surface area (Å²) in [5.41, 5.74) is -1.02. The number of aromatic nitrogens is 5. The van der Waals surface area contributed by atoms with Crippen LogP contribution in [0.5, 0.6) is 0 Å². The highest BCUT2D eigenvalue weighted by atomic mass is 19.4. The van der Waals surface area contributed by atoms with Crippen LogP contribution in [-0.2, 0) is 13.2 Å². The molecule has 0 amide bonds. The van der Waals surface area contributed by atoms with Gasteiger partial charge in [0.05, 0.1) is 0 Å². The van der Waals surface area contributed by atoms with Crippen LogP contribution >= 0.6 is 0 Å². The van der Waals surface area contributed by atoms with Crippen LogP contribution in [0.25, 0.3) is 0 Å². The van der Waals surface area contributed by atoms with Gasteiger partial charge in [-0.3, -0.25) is 4.57 Å². The average Bonchev–Trinajstić information content (AvgIpc) is 3.41. The van der Waals surface area contributed by atoms with E-state index in [-0.39, 0.29) is 23.6 Å². The van der Waals surface area contributed by atoms with Gasteiger partial charge in [0.1, 0.15) is 11.5 Å². The Balaban J connectivity index is 1.50. The summed E-state index contributed by atoms with van der Waals surface area (Å²) in [4.78, 5) is 21.7. The number of halogens is 3. The lowest BCUT2D eigenvalue weighted by Crippen LogP contribution is -2.35. The maximum atomic E-state index is 12.8. The number of piperidine rings is 1. The summed E-state index contributed by atoms with van der Waals surface area (Å²) in [6.07, 6.45) is 0.0433. The molecular formula is C16H19F3N6O. The van der Waals surface area contributed by atoms with Gasteiger partial charge in [-0.2, -0.15) is 18.3 Å². The molecule has 4 rings (SSSR count). The summed E-state index contributed by atoms with van der Waals surface area (Å²) < 4.78 is 41.7. The lowest BCUT2D eigenvalue weighted by Gasteiger charge is -2.31. The van der Waals surface area contributed by atoms with Crippen LogP contribution in [0.15, 0.2) is 17.1 Å². The van der Waals surface area contributed by atoms with E-state index in [0.29, 0.717) is 25.9 Å². The second-order valence-electron chi connectivity index (χ2n) is 6.87. The predicted molar refractivity (Wildman–Crippen MR) is 87.0 cm³/mol. The number of nitrogens with zero attached hydrogens (tertiary/aromatic N) is 6. The Morgan fingerprint density at radius 2 is 1.85 bits per heavy atom. The lowest BCUT2D eigenvalue weighted by atomic mass is 9.96. The minimum Gasteiger partial charge on any atom is -0.341 e. The largest absolute Gasteiger partial charge is 0.433 e. The van der Waals surface area contributed by atoms with Crippen molar-refractivity contribution in [3.8, 4) is 0 Å². The maximum Gasteiger partial charge on any atom is 0.433 e.